The van der Waals surface area contributed by atoms with Gasteiger partial charge in [0.15, 0.2) is 0 Å². The molecule has 0 aliphatic heterocycles. The van der Waals surface area contributed by atoms with Crippen molar-refractivity contribution in [1.82, 2.24) is 4.98 Å². The van der Waals surface area contributed by atoms with E-state index in [0.29, 0.717) is 11.8 Å². The van der Waals surface area contributed by atoms with E-state index in [2.05, 4.69) is 4.98 Å². The van der Waals surface area contributed by atoms with E-state index in [1.165, 1.54) is 13.3 Å². The first-order chi connectivity index (χ1) is 6.66. The first-order valence-electron chi connectivity index (χ1n) is 4.38. The maximum absolute atomic E-state index is 10.6. The monoisotopic (exact) mass is 197 g/mol. The summed E-state index contributed by atoms with van der Waals surface area (Å²) in [5.74, 6) is -0.00641. The first-order valence-corrected chi connectivity index (χ1v) is 4.38. The van der Waals surface area contributed by atoms with Gasteiger partial charge in [0.2, 0.25) is 5.89 Å². The smallest absolute Gasteiger partial charge is 0.304 e. The van der Waals surface area contributed by atoms with Crippen LogP contribution >= 0.6 is 0 Å². The Morgan fingerprint density at radius 3 is 2.93 bits per heavy atom. The molecule has 0 saturated heterocycles. The number of nitrogens with zero attached hydrogens (tertiary/aromatic N) is 1. The second-order valence-electron chi connectivity index (χ2n) is 3.54. The first kappa shape index (κ1) is 9.05. The van der Waals surface area contributed by atoms with E-state index in [-0.39, 0.29) is 11.8 Å². The highest BCUT2D eigenvalue weighted by atomic mass is 16.6. The van der Waals surface area contributed by atoms with Crippen LogP contribution in [0.3, 0.4) is 0 Å². The van der Waals surface area contributed by atoms with E-state index < -0.39 is 5.97 Å². The van der Waals surface area contributed by atoms with Crippen molar-refractivity contribution in [3.05, 3.63) is 12.1 Å². The lowest BCUT2D eigenvalue weighted by atomic mass is 10.0. The van der Waals surface area contributed by atoms with Gasteiger partial charge in [-0.05, 0) is 12.8 Å². The number of rotatable bonds is 4. The third kappa shape index (κ3) is 1.45. The molecule has 1 heterocycles. The summed E-state index contributed by atoms with van der Waals surface area (Å²) >= 11 is 0. The number of aliphatic carboxylic acids is 1. The summed E-state index contributed by atoms with van der Waals surface area (Å²) in [5, 5.41) is 8.71. The molecule has 0 amide bonds. The number of carboxylic acids is 1. The van der Waals surface area contributed by atoms with Crippen LogP contribution in [0, 0.1) is 0 Å². The van der Waals surface area contributed by atoms with E-state index in [0.717, 1.165) is 12.8 Å². The zero-order chi connectivity index (χ0) is 10.2. The van der Waals surface area contributed by atoms with E-state index in [1.807, 2.05) is 0 Å². The lowest BCUT2D eigenvalue weighted by Crippen LogP contribution is -2.13. The van der Waals surface area contributed by atoms with E-state index >= 15 is 0 Å². The number of aromatic nitrogens is 1. The summed E-state index contributed by atoms with van der Waals surface area (Å²) in [5.41, 5.74) is -0.372. The molecule has 0 bridgehead atoms. The van der Waals surface area contributed by atoms with Crippen LogP contribution in [-0.4, -0.2) is 23.2 Å². The number of hydrogen-bond donors (Lipinski definition) is 1. The van der Waals surface area contributed by atoms with Crippen molar-refractivity contribution in [2.75, 3.05) is 7.11 Å². The predicted molar refractivity (Wildman–Crippen MR) is 46.2 cm³/mol. The minimum absolute atomic E-state index is 0.0800. The summed E-state index contributed by atoms with van der Waals surface area (Å²) in [6.07, 6.45) is 3.19. The second kappa shape index (κ2) is 3.01. The fourth-order valence-electron chi connectivity index (χ4n) is 1.51. The standard InChI is InChI=1S/C9H11NO4/c1-13-7-5-10-8(14-7)9(2-3-9)4-6(11)12/h5H,2-4H2,1H3,(H,11,12). The van der Waals surface area contributed by atoms with Gasteiger partial charge in [-0.2, -0.15) is 0 Å². The maximum Gasteiger partial charge on any atom is 0.304 e. The summed E-state index contributed by atoms with van der Waals surface area (Å²) in [4.78, 5) is 14.6. The third-order valence-corrected chi connectivity index (χ3v) is 2.48. The van der Waals surface area contributed by atoms with Crippen molar-refractivity contribution in [3.63, 3.8) is 0 Å². The van der Waals surface area contributed by atoms with Crippen molar-refractivity contribution >= 4 is 5.97 Å². The zero-order valence-electron chi connectivity index (χ0n) is 7.82. The van der Waals surface area contributed by atoms with Gasteiger partial charge < -0.3 is 14.3 Å². The molecule has 1 saturated carbocycles. The molecule has 1 aliphatic rings. The van der Waals surface area contributed by atoms with Crippen LogP contribution in [0.4, 0.5) is 0 Å². The summed E-state index contributed by atoms with van der Waals surface area (Å²) in [6, 6.07) is 0. The number of oxazole rings is 1. The SMILES string of the molecule is COc1cnc(C2(CC(=O)O)CC2)o1. The summed E-state index contributed by atoms with van der Waals surface area (Å²) < 4.78 is 10.1. The Morgan fingerprint density at radius 2 is 2.50 bits per heavy atom. The molecule has 1 aromatic heterocycles. The van der Waals surface area contributed by atoms with E-state index in [9.17, 15) is 4.79 Å². The van der Waals surface area contributed by atoms with Gasteiger partial charge in [-0.1, -0.05) is 0 Å². The van der Waals surface area contributed by atoms with E-state index in [1.54, 1.807) is 0 Å². The number of ether oxygens (including phenoxy) is 1. The molecule has 1 fully saturated rings. The van der Waals surface area contributed by atoms with Crippen LogP contribution in [0.1, 0.15) is 25.2 Å². The molecule has 14 heavy (non-hydrogen) atoms. The molecule has 0 spiro atoms. The lowest BCUT2D eigenvalue weighted by molar-refractivity contribution is -0.137. The van der Waals surface area contributed by atoms with Crippen molar-refractivity contribution in [3.8, 4) is 5.95 Å². The fraction of sp³-hybridized carbons (Fsp3) is 0.556. The number of hydrogen-bond acceptors (Lipinski definition) is 4. The zero-order valence-corrected chi connectivity index (χ0v) is 7.82. The highest BCUT2D eigenvalue weighted by molar-refractivity contribution is 5.69. The minimum atomic E-state index is -0.820. The topological polar surface area (TPSA) is 72.6 Å². The number of carboxylic acid groups (broad SMARTS) is 1. The Morgan fingerprint density at radius 1 is 1.79 bits per heavy atom. The van der Waals surface area contributed by atoms with Crippen molar-refractivity contribution in [2.45, 2.75) is 24.7 Å². The maximum atomic E-state index is 10.6. The van der Waals surface area contributed by atoms with Crippen LogP contribution in [0.25, 0.3) is 0 Å². The molecule has 0 unspecified atom stereocenters. The van der Waals surface area contributed by atoms with Crippen LogP contribution in [0.15, 0.2) is 10.6 Å². The molecule has 5 nitrogen and oxygen atoms in total. The highest BCUT2D eigenvalue weighted by Gasteiger charge is 2.50. The van der Waals surface area contributed by atoms with Gasteiger partial charge in [-0.25, -0.2) is 4.98 Å². The van der Waals surface area contributed by atoms with Gasteiger partial charge in [0.1, 0.15) is 6.20 Å². The van der Waals surface area contributed by atoms with Gasteiger partial charge in [0, 0.05) is 0 Å². The van der Waals surface area contributed by atoms with Crippen LogP contribution < -0.4 is 4.74 Å². The van der Waals surface area contributed by atoms with Crippen molar-refractivity contribution < 1.29 is 19.1 Å². The number of methoxy groups -OCH3 is 1. The van der Waals surface area contributed by atoms with Gasteiger partial charge >= 0.3 is 11.9 Å². The lowest BCUT2D eigenvalue weighted by Gasteiger charge is -2.05. The Kier molecular flexibility index (Phi) is 1.94. The molecule has 76 valence electrons. The van der Waals surface area contributed by atoms with Crippen molar-refractivity contribution in [2.24, 2.45) is 0 Å². The minimum Gasteiger partial charge on any atom is -0.481 e. The average Bonchev–Trinajstić information content (AvgIpc) is 2.76. The van der Waals surface area contributed by atoms with Gasteiger partial charge in [-0.15, -0.1) is 0 Å². The Bertz CT molecular complexity index is 353. The molecular formula is C9H11NO4. The molecule has 1 aromatic rings. The average molecular weight is 197 g/mol. The molecular weight excluding hydrogens is 186 g/mol. The Hall–Kier alpha value is -1.52. The van der Waals surface area contributed by atoms with Crippen LogP contribution in [0.5, 0.6) is 5.95 Å². The molecule has 1 aliphatic carbocycles. The normalized spacial score (nSPS) is 17.8. The third-order valence-electron chi connectivity index (χ3n) is 2.48. The molecule has 0 aromatic carbocycles. The molecule has 1 N–H and O–H groups in total. The molecule has 0 atom stereocenters. The Balaban J connectivity index is 2.17. The molecule has 2 rings (SSSR count). The van der Waals surface area contributed by atoms with Crippen LogP contribution in [0.2, 0.25) is 0 Å². The summed E-state index contributed by atoms with van der Waals surface area (Å²) in [7, 11) is 1.49. The number of carbonyl (C=O) groups is 1. The van der Waals surface area contributed by atoms with Crippen LogP contribution in [-0.2, 0) is 10.2 Å². The Labute approximate surface area is 80.7 Å². The quantitative estimate of drug-likeness (QED) is 0.784. The van der Waals surface area contributed by atoms with E-state index in [4.69, 9.17) is 14.3 Å². The van der Waals surface area contributed by atoms with Gasteiger partial charge in [0.25, 0.3) is 0 Å². The summed E-state index contributed by atoms with van der Waals surface area (Å²) in [6.45, 7) is 0. The molecule has 0 radical (unpaired) electrons. The highest BCUT2D eigenvalue weighted by Crippen LogP contribution is 2.51. The van der Waals surface area contributed by atoms with Gasteiger partial charge in [0.05, 0.1) is 18.9 Å². The molecule has 5 heteroatoms. The largest absolute Gasteiger partial charge is 0.481 e. The van der Waals surface area contributed by atoms with Gasteiger partial charge in [-0.3, -0.25) is 4.79 Å². The fourth-order valence-corrected chi connectivity index (χ4v) is 1.51. The second-order valence-corrected chi connectivity index (χ2v) is 3.54. The predicted octanol–water partition coefficient (Wildman–Crippen LogP) is 1.19. The van der Waals surface area contributed by atoms with Crippen molar-refractivity contribution in [1.29, 1.82) is 0 Å².